The summed E-state index contributed by atoms with van der Waals surface area (Å²) in [5, 5.41) is 36.3. The van der Waals surface area contributed by atoms with E-state index in [0.29, 0.717) is 62.1 Å². The van der Waals surface area contributed by atoms with E-state index >= 15 is 0 Å². The molecule has 4 aromatic rings. The molecule has 1 aliphatic carbocycles. The van der Waals surface area contributed by atoms with E-state index in [1.807, 2.05) is 6.07 Å². The van der Waals surface area contributed by atoms with Crippen LogP contribution in [0.2, 0.25) is 5.15 Å². The van der Waals surface area contributed by atoms with Gasteiger partial charge in [-0.15, -0.1) is 5.10 Å². The maximum Gasteiger partial charge on any atom is 0.213 e. The third-order valence-corrected chi connectivity index (χ3v) is 6.92. The Morgan fingerprint density at radius 2 is 1.92 bits per heavy atom. The van der Waals surface area contributed by atoms with Crippen LogP contribution in [-0.4, -0.2) is 31.5 Å². The Bertz CT molecular complexity index is 1660. The number of anilines is 2. The number of aromatic nitrogens is 5. The van der Waals surface area contributed by atoms with Crippen molar-refractivity contribution in [1.29, 1.82) is 10.5 Å². The monoisotopic (exact) mass is 543 g/mol. The number of fused-ring (bicyclic) bond motifs is 1. The van der Waals surface area contributed by atoms with Crippen LogP contribution in [0.1, 0.15) is 73.8 Å². The topological polar surface area (TPSA) is 128 Å². The Labute approximate surface area is 230 Å². The lowest BCUT2D eigenvalue weighted by molar-refractivity contribution is 0.443. The van der Waals surface area contributed by atoms with E-state index in [0.717, 1.165) is 12.8 Å². The molecule has 0 saturated heterocycles. The zero-order chi connectivity index (χ0) is 27.9. The lowest BCUT2D eigenvalue weighted by atomic mass is 9.96. The van der Waals surface area contributed by atoms with E-state index in [1.165, 1.54) is 12.3 Å². The van der Waals surface area contributed by atoms with Crippen LogP contribution in [0.25, 0.3) is 10.9 Å². The van der Waals surface area contributed by atoms with Crippen molar-refractivity contribution in [1.82, 2.24) is 25.0 Å². The van der Waals surface area contributed by atoms with Crippen LogP contribution in [0.5, 0.6) is 0 Å². The van der Waals surface area contributed by atoms with Crippen LogP contribution in [0.3, 0.4) is 0 Å². The van der Waals surface area contributed by atoms with E-state index in [-0.39, 0.29) is 11.5 Å². The normalized spacial score (nSPS) is 14.1. The summed E-state index contributed by atoms with van der Waals surface area (Å²) in [5.41, 5.74) is 3.89. The minimum absolute atomic E-state index is 0.0570. The second kappa shape index (κ2) is 10.1. The molecule has 3 heterocycles. The maximum absolute atomic E-state index is 13.9. The molecule has 198 valence electrons. The zero-order valence-corrected chi connectivity index (χ0v) is 22.8. The fourth-order valence-electron chi connectivity index (χ4n) is 4.43. The van der Waals surface area contributed by atoms with Crippen LogP contribution in [0.15, 0.2) is 30.5 Å². The van der Waals surface area contributed by atoms with Gasteiger partial charge in [-0.05, 0) is 43.4 Å². The van der Waals surface area contributed by atoms with Gasteiger partial charge in [0.1, 0.15) is 23.9 Å². The fraction of sp³-hybridized carbons (Fsp3) is 0.357. The van der Waals surface area contributed by atoms with Crippen molar-refractivity contribution >= 4 is 33.9 Å². The van der Waals surface area contributed by atoms with E-state index < -0.39 is 12.0 Å². The van der Waals surface area contributed by atoms with Crippen molar-refractivity contribution in [3.8, 4) is 12.1 Å². The molecule has 1 saturated carbocycles. The van der Waals surface area contributed by atoms with Gasteiger partial charge >= 0.3 is 0 Å². The van der Waals surface area contributed by atoms with Gasteiger partial charge in [0.15, 0.2) is 5.15 Å². The number of pyridine rings is 2. The number of halogens is 2. The second-order valence-corrected chi connectivity index (χ2v) is 11.3. The molecule has 0 amide bonds. The molecular formula is C28H27ClFN9. The Balaban J connectivity index is 1.66. The summed E-state index contributed by atoms with van der Waals surface area (Å²) >= 11 is 6.75. The minimum Gasteiger partial charge on any atom is -0.383 e. The standard InChI is InChI=1S/C28H27ClFN9/c1-15-20(7-8-22(30)35-15)25(26-27(29)39(38-37-26)19-5-6-19)36-18-9-16(11-31)23-21(10-18)24(17(12-32)13-33-23)34-14-28(2,3)4/h7-10,13,19,25,36H,5-6,14H2,1-4H3,(H,33,34)/t25-/m0/s1. The molecule has 5 rings (SSSR count). The molecule has 3 aromatic heterocycles. The quantitative estimate of drug-likeness (QED) is 0.269. The first-order valence-electron chi connectivity index (χ1n) is 12.6. The second-order valence-electron chi connectivity index (χ2n) is 10.9. The molecule has 39 heavy (non-hydrogen) atoms. The van der Waals surface area contributed by atoms with Gasteiger partial charge in [0.25, 0.3) is 0 Å². The molecule has 9 nitrogen and oxygen atoms in total. The van der Waals surface area contributed by atoms with Crippen molar-refractivity contribution in [3.63, 3.8) is 0 Å². The van der Waals surface area contributed by atoms with E-state index in [2.05, 4.69) is 63.8 Å². The predicted molar refractivity (Wildman–Crippen MR) is 147 cm³/mol. The molecule has 0 bridgehead atoms. The number of nitrogens with zero attached hydrogens (tertiary/aromatic N) is 7. The Hall–Kier alpha value is -4.28. The molecular weight excluding hydrogens is 517 g/mol. The maximum atomic E-state index is 13.9. The van der Waals surface area contributed by atoms with Crippen molar-refractivity contribution in [2.75, 3.05) is 17.2 Å². The summed E-state index contributed by atoms with van der Waals surface area (Å²) in [5.74, 6) is -0.593. The van der Waals surface area contributed by atoms with Crippen molar-refractivity contribution in [2.24, 2.45) is 5.41 Å². The van der Waals surface area contributed by atoms with Crippen LogP contribution < -0.4 is 10.6 Å². The van der Waals surface area contributed by atoms with Crippen LogP contribution in [0.4, 0.5) is 15.8 Å². The van der Waals surface area contributed by atoms with Crippen LogP contribution >= 0.6 is 11.6 Å². The Morgan fingerprint density at radius 1 is 1.18 bits per heavy atom. The summed E-state index contributed by atoms with van der Waals surface area (Å²) in [7, 11) is 0. The smallest absolute Gasteiger partial charge is 0.213 e. The first kappa shape index (κ1) is 26.3. The number of nitrogens with one attached hydrogen (secondary N) is 2. The van der Waals surface area contributed by atoms with Crippen molar-refractivity contribution in [3.05, 3.63) is 69.6 Å². The molecule has 2 N–H and O–H groups in total. The molecule has 0 radical (unpaired) electrons. The highest BCUT2D eigenvalue weighted by Crippen LogP contribution is 2.40. The Morgan fingerprint density at radius 3 is 2.56 bits per heavy atom. The number of nitriles is 2. The molecule has 1 fully saturated rings. The van der Waals surface area contributed by atoms with E-state index in [9.17, 15) is 14.9 Å². The lowest BCUT2D eigenvalue weighted by Crippen LogP contribution is -2.20. The lowest BCUT2D eigenvalue weighted by Gasteiger charge is -2.23. The summed E-state index contributed by atoms with van der Waals surface area (Å²) in [6, 6.07) is 10.5. The summed E-state index contributed by atoms with van der Waals surface area (Å²) in [6.45, 7) is 8.58. The average molecular weight is 544 g/mol. The van der Waals surface area contributed by atoms with Crippen molar-refractivity contribution in [2.45, 2.75) is 52.6 Å². The molecule has 0 aliphatic heterocycles. The first-order chi connectivity index (χ1) is 18.6. The SMILES string of the molecule is Cc1nc(F)ccc1[C@H](Nc1cc(C#N)c2ncc(C#N)c(NCC(C)(C)C)c2c1)c1nnn(C2CC2)c1Cl. The van der Waals surface area contributed by atoms with E-state index in [4.69, 9.17) is 11.6 Å². The van der Waals surface area contributed by atoms with Gasteiger partial charge in [-0.3, -0.25) is 4.98 Å². The minimum atomic E-state index is -0.639. The number of aryl methyl sites for hydroxylation is 1. The van der Waals surface area contributed by atoms with Gasteiger partial charge in [-0.25, -0.2) is 9.67 Å². The highest BCUT2D eigenvalue weighted by molar-refractivity contribution is 6.30. The van der Waals surface area contributed by atoms with Gasteiger partial charge in [-0.1, -0.05) is 43.7 Å². The number of rotatable bonds is 7. The summed E-state index contributed by atoms with van der Waals surface area (Å²) in [4.78, 5) is 8.42. The molecule has 11 heteroatoms. The molecule has 0 unspecified atom stereocenters. The molecule has 1 atom stereocenters. The molecule has 1 aliphatic rings. The zero-order valence-electron chi connectivity index (χ0n) is 22.0. The first-order valence-corrected chi connectivity index (χ1v) is 13.0. The summed E-state index contributed by atoms with van der Waals surface area (Å²) in [6.07, 6.45) is 3.44. The third kappa shape index (κ3) is 5.34. The number of hydrogen-bond donors (Lipinski definition) is 2. The summed E-state index contributed by atoms with van der Waals surface area (Å²) < 4.78 is 15.6. The van der Waals surface area contributed by atoms with Gasteiger partial charge in [0.2, 0.25) is 5.95 Å². The highest BCUT2D eigenvalue weighted by atomic mass is 35.5. The van der Waals surface area contributed by atoms with Gasteiger partial charge in [0.05, 0.1) is 28.4 Å². The number of hydrogen-bond acceptors (Lipinski definition) is 8. The van der Waals surface area contributed by atoms with Gasteiger partial charge in [0, 0.05) is 35.1 Å². The third-order valence-electron chi connectivity index (χ3n) is 6.55. The highest BCUT2D eigenvalue weighted by Gasteiger charge is 2.32. The fourth-order valence-corrected chi connectivity index (χ4v) is 4.75. The van der Waals surface area contributed by atoms with Crippen LogP contribution in [0, 0.1) is 40.9 Å². The van der Waals surface area contributed by atoms with Gasteiger partial charge in [-0.2, -0.15) is 14.9 Å². The van der Waals surface area contributed by atoms with Crippen molar-refractivity contribution < 1.29 is 4.39 Å². The van der Waals surface area contributed by atoms with E-state index in [1.54, 1.807) is 23.7 Å². The largest absolute Gasteiger partial charge is 0.383 e. The predicted octanol–water partition coefficient (Wildman–Crippen LogP) is 6.06. The number of benzene rings is 1. The Kier molecular flexibility index (Phi) is 6.83. The molecule has 1 aromatic carbocycles. The molecule has 0 spiro atoms. The van der Waals surface area contributed by atoms with Crippen LogP contribution in [-0.2, 0) is 0 Å². The average Bonchev–Trinajstić information content (AvgIpc) is 3.66. The van der Waals surface area contributed by atoms with Gasteiger partial charge < -0.3 is 10.6 Å².